The Balaban J connectivity index is 1.27. The number of H-pyrrole nitrogens is 1. The third-order valence-corrected chi connectivity index (χ3v) is 5.36. The highest BCUT2D eigenvalue weighted by atomic mass is 15.2. The van der Waals surface area contributed by atoms with Crippen LogP contribution in [-0.4, -0.2) is 60.6 Å². The van der Waals surface area contributed by atoms with Gasteiger partial charge < -0.3 is 20.5 Å². The number of benzene rings is 1. The molecule has 27 heavy (non-hydrogen) atoms. The van der Waals surface area contributed by atoms with Crippen LogP contribution in [0.5, 0.6) is 0 Å². The number of para-hydroxylation sites is 2. The molecule has 0 radical (unpaired) electrons. The lowest BCUT2D eigenvalue weighted by atomic mass is 9.99. The lowest BCUT2D eigenvalue weighted by Gasteiger charge is -2.30. The number of nitrogens with one attached hydrogen (secondary N) is 3. The summed E-state index contributed by atoms with van der Waals surface area (Å²) in [6.45, 7) is 7.92. The van der Waals surface area contributed by atoms with Gasteiger partial charge in [0.25, 0.3) is 0 Å². The number of aromatic nitrogens is 2. The maximum Gasteiger partial charge on any atom is 0.190 e. The Labute approximate surface area is 162 Å². The average Bonchev–Trinajstić information content (AvgIpc) is 3.11. The fourth-order valence-corrected chi connectivity index (χ4v) is 3.60. The maximum absolute atomic E-state index is 4.63. The molecule has 2 heterocycles. The Hall–Kier alpha value is -2.08. The second kappa shape index (κ2) is 10.3. The van der Waals surface area contributed by atoms with Crippen LogP contribution in [0.1, 0.15) is 38.4 Å². The van der Waals surface area contributed by atoms with Gasteiger partial charge in [-0.25, -0.2) is 4.98 Å². The number of fused-ring (bicyclic) bond motifs is 1. The molecule has 3 N–H and O–H groups in total. The van der Waals surface area contributed by atoms with E-state index in [2.05, 4.69) is 43.5 Å². The molecule has 3 rings (SSSR count). The van der Waals surface area contributed by atoms with Crippen molar-refractivity contribution in [2.45, 2.75) is 39.0 Å². The third-order valence-electron chi connectivity index (χ3n) is 5.36. The number of aryl methyl sites for hydroxylation is 1. The zero-order valence-corrected chi connectivity index (χ0v) is 16.8. The summed E-state index contributed by atoms with van der Waals surface area (Å²) in [6, 6.07) is 8.17. The van der Waals surface area contributed by atoms with Crippen molar-refractivity contribution in [1.29, 1.82) is 0 Å². The van der Waals surface area contributed by atoms with Crippen molar-refractivity contribution in [3.8, 4) is 0 Å². The molecule has 6 nitrogen and oxygen atoms in total. The molecule has 1 aliphatic rings. The molecular formula is C21H34N6. The smallest absolute Gasteiger partial charge is 0.190 e. The van der Waals surface area contributed by atoms with Crippen LogP contribution in [-0.2, 0) is 6.42 Å². The molecule has 0 atom stereocenters. The summed E-state index contributed by atoms with van der Waals surface area (Å²) in [6.07, 6.45) is 5.82. The molecule has 2 aromatic rings. The number of aromatic amines is 1. The fourth-order valence-electron chi connectivity index (χ4n) is 3.60. The molecule has 1 aromatic heterocycles. The average molecular weight is 371 g/mol. The van der Waals surface area contributed by atoms with Gasteiger partial charge in [0, 0.05) is 26.6 Å². The van der Waals surface area contributed by atoms with Gasteiger partial charge in [-0.15, -0.1) is 0 Å². The molecule has 0 spiro atoms. The molecule has 1 aromatic carbocycles. The normalized spacial score (nSPS) is 16.7. The van der Waals surface area contributed by atoms with Gasteiger partial charge >= 0.3 is 0 Å². The number of guanidine groups is 1. The van der Waals surface area contributed by atoms with E-state index in [-0.39, 0.29) is 0 Å². The highest BCUT2D eigenvalue weighted by Crippen LogP contribution is 2.15. The lowest BCUT2D eigenvalue weighted by Crippen LogP contribution is -2.40. The Kier molecular flexibility index (Phi) is 7.51. The summed E-state index contributed by atoms with van der Waals surface area (Å²) in [4.78, 5) is 14.9. The molecule has 0 bridgehead atoms. The quantitative estimate of drug-likeness (QED) is 0.380. The number of hydrogen-bond acceptors (Lipinski definition) is 3. The van der Waals surface area contributed by atoms with Crippen LogP contribution in [0, 0.1) is 5.92 Å². The number of likely N-dealkylation sites (tertiary alicyclic amines) is 1. The number of hydrogen-bond donors (Lipinski definition) is 3. The topological polar surface area (TPSA) is 68.3 Å². The minimum atomic E-state index is 0.890. The van der Waals surface area contributed by atoms with Crippen molar-refractivity contribution in [2.75, 3.05) is 39.8 Å². The molecule has 148 valence electrons. The van der Waals surface area contributed by atoms with E-state index in [9.17, 15) is 0 Å². The number of rotatable bonds is 8. The van der Waals surface area contributed by atoms with E-state index in [1.165, 1.54) is 32.5 Å². The number of nitrogens with zero attached hydrogens (tertiary/aromatic N) is 3. The van der Waals surface area contributed by atoms with Gasteiger partial charge in [-0.1, -0.05) is 19.1 Å². The van der Waals surface area contributed by atoms with Gasteiger partial charge in [0.05, 0.1) is 11.0 Å². The second-order valence-corrected chi connectivity index (χ2v) is 7.61. The van der Waals surface area contributed by atoms with E-state index in [1.54, 1.807) is 0 Å². The fraction of sp³-hybridized carbons (Fsp3) is 0.619. The van der Waals surface area contributed by atoms with Crippen LogP contribution in [0.3, 0.4) is 0 Å². The van der Waals surface area contributed by atoms with Gasteiger partial charge in [-0.3, -0.25) is 4.99 Å². The summed E-state index contributed by atoms with van der Waals surface area (Å²) >= 11 is 0. The molecule has 1 saturated heterocycles. The van der Waals surface area contributed by atoms with Gasteiger partial charge in [0.1, 0.15) is 5.82 Å². The Bertz CT molecular complexity index is 681. The summed E-state index contributed by atoms with van der Waals surface area (Å²) in [5, 5.41) is 6.83. The van der Waals surface area contributed by atoms with E-state index >= 15 is 0 Å². The van der Waals surface area contributed by atoms with Crippen molar-refractivity contribution in [3.05, 3.63) is 30.1 Å². The van der Waals surface area contributed by atoms with Crippen molar-refractivity contribution in [2.24, 2.45) is 10.9 Å². The molecule has 1 fully saturated rings. The first-order valence-corrected chi connectivity index (χ1v) is 10.3. The third kappa shape index (κ3) is 6.24. The predicted octanol–water partition coefficient (Wildman–Crippen LogP) is 2.78. The van der Waals surface area contributed by atoms with Gasteiger partial charge in [0.2, 0.25) is 0 Å². The van der Waals surface area contributed by atoms with Gasteiger partial charge in [-0.2, -0.15) is 0 Å². The number of aliphatic imine (C=N–C) groups is 1. The molecule has 0 aliphatic carbocycles. The van der Waals surface area contributed by atoms with Crippen molar-refractivity contribution in [1.82, 2.24) is 25.5 Å². The summed E-state index contributed by atoms with van der Waals surface area (Å²) in [7, 11) is 1.83. The Morgan fingerprint density at radius 1 is 1.19 bits per heavy atom. The first-order valence-electron chi connectivity index (χ1n) is 10.3. The van der Waals surface area contributed by atoms with Gasteiger partial charge in [-0.05, 0) is 63.4 Å². The van der Waals surface area contributed by atoms with Crippen LogP contribution < -0.4 is 10.6 Å². The highest BCUT2D eigenvalue weighted by molar-refractivity contribution is 5.79. The zero-order chi connectivity index (χ0) is 18.9. The Morgan fingerprint density at radius 3 is 2.67 bits per heavy atom. The van der Waals surface area contributed by atoms with E-state index < -0.39 is 0 Å². The van der Waals surface area contributed by atoms with Crippen molar-refractivity contribution < 1.29 is 0 Å². The second-order valence-electron chi connectivity index (χ2n) is 7.61. The number of piperidine rings is 1. The summed E-state index contributed by atoms with van der Waals surface area (Å²) in [5.74, 6) is 2.85. The largest absolute Gasteiger partial charge is 0.356 e. The summed E-state index contributed by atoms with van der Waals surface area (Å²) < 4.78 is 0. The van der Waals surface area contributed by atoms with E-state index in [4.69, 9.17) is 0 Å². The Morgan fingerprint density at radius 2 is 1.93 bits per heavy atom. The van der Waals surface area contributed by atoms with Crippen molar-refractivity contribution >= 4 is 17.0 Å². The van der Waals surface area contributed by atoms with E-state index in [0.29, 0.717) is 0 Å². The van der Waals surface area contributed by atoms with Gasteiger partial charge in [0.15, 0.2) is 5.96 Å². The molecule has 0 amide bonds. The van der Waals surface area contributed by atoms with E-state index in [0.717, 1.165) is 61.1 Å². The highest BCUT2D eigenvalue weighted by Gasteiger charge is 2.14. The monoisotopic (exact) mass is 370 g/mol. The molecule has 0 unspecified atom stereocenters. The number of imidazole rings is 1. The van der Waals surface area contributed by atoms with Crippen LogP contribution in [0.4, 0.5) is 0 Å². The summed E-state index contributed by atoms with van der Waals surface area (Å²) in [5.41, 5.74) is 2.15. The molecule has 6 heteroatoms. The minimum Gasteiger partial charge on any atom is -0.356 e. The lowest BCUT2D eigenvalue weighted by molar-refractivity contribution is 0.191. The molecule has 1 aliphatic heterocycles. The van der Waals surface area contributed by atoms with E-state index in [1.807, 2.05) is 25.2 Å². The zero-order valence-electron chi connectivity index (χ0n) is 16.8. The van der Waals surface area contributed by atoms with Crippen LogP contribution in [0.25, 0.3) is 11.0 Å². The van der Waals surface area contributed by atoms with Crippen LogP contribution in [0.15, 0.2) is 29.3 Å². The molecular weight excluding hydrogens is 336 g/mol. The SMILES string of the molecule is CN=C(NCCCc1nc2ccccc2[nH]1)NCCCN1CCC(C)CC1. The van der Waals surface area contributed by atoms with Crippen molar-refractivity contribution in [3.63, 3.8) is 0 Å². The van der Waals surface area contributed by atoms with Crippen LogP contribution in [0.2, 0.25) is 0 Å². The first-order chi connectivity index (χ1) is 13.2. The first kappa shape index (κ1) is 19.7. The predicted molar refractivity (Wildman–Crippen MR) is 113 cm³/mol. The minimum absolute atomic E-state index is 0.890. The van der Waals surface area contributed by atoms with Crippen LogP contribution >= 0.6 is 0 Å². The molecule has 0 saturated carbocycles. The maximum atomic E-state index is 4.63. The standard InChI is InChI=1S/C21H34N6/c1-17-10-15-27(16-11-17)14-6-13-24-21(22-2)23-12-5-9-20-25-18-7-3-4-8-19(18)26-20/h3-4,7-8,17H,5-6,9-16H2,1-2H3,(H,25,26)(H2,22,23,24).